The van der Waals surface area contributed by atoms with Gasteiger partial charge in [0.2, 0.25) is 11.8 Å². The van der Waals surface area contributed by atoms with Crippen LogP contribution < -0.4 is 9.64 Å². The minimum atomic E-state index is -0.870. The summed E-state index contributed by atoms with van der Waals surface area (Å²) in [5.74, 6) is -2.05. The lowest BCUT2D eigenvalue weighted by Crippen LogP contribution is -2.32. The van der Waals surface area contributed by atoms with Crippen LogP contribution in [0.1, 0.15) is 23.3 Å². The number of hydrogen-bond donors (Lipinski definition) is 2. The first-order valence-corrected chi connectivity index (χ1v) is 12.4. The Bertz CT molecular complexity index is 1380. The number of fused-ring (bicyclic) bond motifs is 2. The van der Waals surface area contributed by atoms with E-state index in [0.29, 0.717) is 31.9 Å². The van der Waals surface area contributed by atoms with Crippen LogP contribution in [0.5, 0.6) is 11.5 Å². The van der Waals surface area contributed by atoms with E-state index >= 15 is 0 Å². The molecule has 2 N–H and O–H groups in total. The number of aromatic nitrogens is 1. The summed E-state index contributed by atoms with van der Waals surface area (Å²) in [4.78, 5) is 42.9. The maximum absolute atomic E-state index is 13.7. The fourth-order valence-corrected chi connectivity index (χ4v) is 7.32. The molecule has 0 spiro atoms. The minimum absolute atomic E-state index is 0.189. The van der Waals surface area contributed by atoms with E-state index in [2.05, 4.69) is 4.98 Å². The molecule has 174 valence electrons. The van der Waals surface area contributed by atoms with Crippen molar-refractivity contribution in [3.63, 3.8) is 0 Å². The second-order valence-electron chi connectivity index (χ2n) is 7.69. The van der Waals surface area contributed by atoms with Gasteiger partial charge in [0, 0.05) is 28.5 Å². The highest BCUT2D eigenvalue weighted by atomic mass is 32.2. The van der Waals surface area contributed by atoms with Gasteiger partial charge in [-0.3, -0.25) is 19.7 Å². The number of nitro groups is 1. The van der Waals surface area contributed by atoms with Crippen LogP contribution >= 0.6 is 35.3 Å². The fraction of sp³-hybridized carbons (Fsp3) is 0.227. The second kappa shape index (κ2) is 8.53. The van der Waals surface area contributed by atoms with Crippen LogP contribution in [-0.4, -0.2) is 38.7 Å². The summed E-state index contributed by atoms with van der Waals surface area (Å²) in [6, 6.07) is 10.4. The van der Waals surface area contributed by atoms with Gasteiger partial charge >= 0.3 is 0 Å². The van der Waals surface area contributed by atoms with Crippen molar-refractivity contribution >= 4 is 58.5 Å². The molecule has 1 aromatic heterocycles. The zero-order valence-electron chi connectivity index (χ0n) is 17.6. The Balaban J connectivity index is 1.63. The number of nitro benzene ring substituents is 1. The number of amides is 2. The number of aromatic amines is 1. The molecule has 1 saturated heterocycles. The Labute approximate surface area is 206 Å². The molecule has 3 atom stereocenters. The number of non-ortho nitro benzene ring substituents is 1. The Kier molecular flexibility index (Phi) is 5.66. The zero-order valence-corrected chi connectivity index (χ0v) is 20.0. The predicted molar refractivity (Wildman–Crippen MR) is 129 cm³/mol. The van der Waals surface area contributed by atoms with E-state index in [1.165, 1.54) is 41.3 Å². The Hall–Kier alpha value is -3.22. The number of carbonyl (C=O) groups is 2. The van der Waals surface area contributed by atoms with Crippen LogP contribution in [0.25, 0.3) is 0 Å². The Morgan fingerprint density at radius 2 is 1.94 bits per heavy atom. The Morgan fingerprint density at radius 1 is 1.21 bits per heavy atom. The number of anilines is 1. The quantitative estimate of drug-likeness (QED) is 0.218. The number of nitrogens with one attached hydrogen (secondary N) is 1. The van der Waals surface area contributed by atoms with E-state index in [9.17, 15) is 24.8 Å². The van der Waals surface area contributed by atoms with Crippen molar-refractivity contribution in [1.82, 2.24) is 4.98 Å². The highest BCUT2D eigenvalue weighted by molar-refractivity contribution is 8.01. The van der Waals surface area contributed by atoms with Crippen molar-refractivity contribution in [2.75, 3.05) is 11.5 Å². The number of thioether (sulfide) groups is 1. The number of benzene rings is 2. The zero-order chi connectivity index (χ0) is 24.1. The topological polar surface area (TPSA) is 126 Å². The summed E-state index contributed by atoms with van der Waals surface area (Å²) in [5.41, 5.74) is 0.404. The van der Waals surface area contributed by atoms with E-state index in [1.807, 2.05) is 6.92 Å². The summed E-state index contributed by atoms with van der Waals surface area (Å²) in [7, 11) is 0. The Morgan fingerprint density at radius 3 is 2.62 bits per heavy atom. The summed E-state index contributed by atoms with van der Waals surface area (Å²) in [5, 5.41) is 21.9. The fourth-order valence-electron chi connectivity index (χ4n) is 4.37. The van der Waals surface area contributed by atoms with Gasteiger partial charge in [0.05, 0.1) is 28.2 Å². The van der Waals surface area contributed by atoms with Gasteiger partial charge in [-0.1, -0.05) is 11.8 Å². The normalized spacial score (nSPS) is 21.3. The molecule has 12 heteroatoms. The summed E-state index contributed by atoms with van der Waals surface area (Å²) in [6.07, 6.45) is 0. The SMILES string of the molecule is CCOc1ccc(N2C(=O)[C@H]3[C@H](c4cc([N+](=O)[O-])ccc4O)c4sc(=S)[nH]c4S[C@H]3C2=O)cc1. The molecule has 2 aliphatic rings. The molecular formula is C22H17N3O6S3. The molecule has 0 bridgehead atoms. The van der Waals surface area contributed by atoms with Crippen molar-refractivity contribution in [3.05, 3.63) is 67.0 Å². The number of phenolic OH excluding ortho intramolecular Hbond substituents is 1. The number of aromatic hydroxyl groups is 1. The number of ether oxygens (including phenoxy) is 1. The van der Waals surface area contributed by atoms with Gasteiger partial charge in [-0.2, -0.15) is 0 Å². The first kappa shape index (κ1) is 22.6. The lowest BCUT2D eigenvalue weighted by Gasteiger charge is -2.30. The summed E-state index contributed by atoms with van der Waals surface area (Å²) >= 11 is 7.75. The van der Waals surface area contributed by atoms with Gasteiger partial charge in [-0.15, -0.1) is 11.3 Å². The van der Waals surface area contributed by atoms with Gasteiger partial charge in [0.1, 0.15) is 16.7 Å². The third kappa shape index (κ3) is 3.58. The number of nitrogens with zero attached hydrogens (tertiary/aromatic N) is 2. The van der Waals surface area contributed by atoms with E-state index in [1.54, 1.807) is 24.3 Å². The number of hydrogen-bond acceptors (Lipinski definition) is 9. The monoisotopic (exact) mass is 515 g/mol. The smallest absolute Gasteiger partial charge is 0.269 e. The van der Waals surface area contributed by atoms with Crippen LogP contribution in [-0.2, 0) is 9.59 Å². The van der Waals surface area contributed by atoms with E-state index < -0.39 is 33.8 Å². The highest BCUT2D eigenvalue weighted by Gasteiger charge is 2.56. The third-order valence-corrected chi connectivity index (χ3v) is 8.54. The number of carbonyl (C=O) groups excluding carboxylic acids is 2. The molecule has 1 fully saturated rings. The number of rotatable bonds is 5. The second-order valence-corrected chi connectivity index (χ2v) is 10.6. The van der Waals surface area contributed by atoms with Gasteiger partial charge in [0.25, 0.3) is 5.69 Å². The first-order chi connectivity index (χ1) is 16.3. The first-order valence-electron chi connectivity index (χ1n) is 10.3. The van der Waals surface area contributed by atoms with Gasteiger partial charge in [-0.05, 0) is 49.5 Å². The summed E-state index contributed by atoms with van der Waals surface area (Å²) < 4.78 is 5.90. The lowest BCUT2D eigenvalue weighted by atomic mass is 9.82. The molecule has 3 aromatic rings. The molecule has 0 saturated carbocycles. The molecule has 2 aliphatic heterocycles. The van der Waals surface area contributed by atoms with Crippen LogP contribution in [0.3, 0.4) is 0 Å². The molecular weight excluding hydrogens is 498 g/mol. The van der Waals surface area contributed by atoms with E-state index in [0.717, 1.165) is 4.90 Å². The molecule has 3 heterocycles. The molecule has 0 radical (unpaired) electrons. The van der Waals surface area contributed by atoms with Crippen molar-refractivity contribution in [3.8, 4) is 11.5 Å². The van der Waals surface area contributed by atoms with Crippen molar-refractivity contribution < 1.29 is 24.4 Å². The molecule has 2 amide bonds. The number of imide groups is 1. The van der Waals surface area contributed by atoms with Crippen molar-refractivity contribution in [2.45, 2.75) is 23.1 Å². The van der Waals surface area contributed by atoms with Crippen LogP contribution in [0.15, 0.2) is 47.5 Å². The largest absolute Gasteiger partial charge is 0.508 e. The average Bonchev–Trinajstić information content (AvgIpc) is 3.30. The summed E-state index contributed by atoms with van der Waals surface area (Å²) in [6.45, 7) is 2.34. The molecule has 2 aromatic carbocycles. The van der Waals surface area contributed by atoms with E-state index in [4.69, 9.17) is 17.0 Å². The van der Waals surface area contributed by atoms with Crippen LogP contribution in [0, 0.1) is 20.0 Å². The molecule has 0 aliphatic carbocycles. The van der Waals surface area contributed by atoms with E-state index in [-0.39, 0.29) is 17.0 Å². The molecule has 9 nitrogen and oxygen atoms in total. The third-order valence-electron chi connectivity index (χ3n) is 5.79. The number of thiazole rings is 1. The van der Waals surface area contributed by atoms with Gasteiger partial charge in [-0.25, -0.2) is 4.90 Å². The van der Waals surface area contributed by atoms with Crippen LogP contribution in [0.2, 0.25) is 0 Å². The maximum Gasteiger partial charge on any atom is 0.269 e. The van der Waals surface area contributed by atoms with Crippen molar-refractivity contribution in [2.24, 2.45) is 5.92 Å². The standard InChI is InChI=1S/C22H17N3O6S3/c1-2-31-12-6-3-10(4-7-12)24-20(27)16-15(13-9-11(25(29)30)5-8-14(13)26)17-19(23-22(32)34-17)33-18(16)21(24)28/h3-9,15-16,18,26H,2H2,1H3,(H,23,32)/t15-,16-,18+/m0/s1. The molecule has 0 unspecified atom stereocenters. The van der Waals surface area contributed by atoms with Crippen molar-refractivity contribution in [1.29, 1.82) is 0 Å². The maximum atomic E-state index is 13.7. The van der Waals surface area contributed by atoms with Gasteiger partial charge in [0.15, 0.2) is 3.95 Å². The average molecular weight is 516 g/mol. The molecule has 34 heavy (non-hydrogen) atoms. The van der Waals surface area contributed by atoms with Gasteiger partial charge < -0.3 is 14.8 Å². The molecule has 5 rings (SSSR count). The minimum Gasteiger partial charge on any atom is -0.508 e. The predicted octanol–water partition coefficient (Wildman–Crippen LogP) is 4.61. The number of H-pyrrole nitrogens is 1. The van der Waals surface area contributed by atoms with Crippen LogP contribution in [0.4, 0.5) is 11.4 Å². The highest BCUT2D eigenvalue weighted by Crippen LogP contribution is 2.55. The lowest BCUT2D eigenvalue weighted by molar-refractivity contribution is -0.385. The number of phenols is 1.